The number of rotatable bonds is 5. The minimum Gasteiger partial charge on any atom is -0.212 e. The molecule has 0 aromatic heterocycles. The van der Waals surface area contributed by atoms with Gasteiger partial charge in [-0.3, -0.25) is 0 Å². The van der Waals surface area contributed by atoms with Crippen LogP contribution in [0.1, 0.15) is 24.1 Å². The van der Waals surface area contributed by atoms with Crippen molar-refractivity contribution in [1.29, 1.82) is 0 Å². The lowest BCUT2D eigenvalue weighted by molar-refractivity contribution is 0.398. The Morgan fingerprint density at radius 2 is 1.62 bits per heavy atom. The van der Waals surface area contributed by atoms with Crippen LogP contribution in [0.25, 0.3) is 0 Å². The second-order valence-electron chi connectivity index (χ2n) is 4.99. The standard InChI is InChI=1S/C16H18FNO2S/c1-13(15-6-4-3-5-7-15)18(2)21(19,20)12-14-8-10-16(17)11-9-14/h3-11,13H,12H2,1-2H3. The molecule has 0 aliphatic rings. The van der Waals surface area contributed by atoms with Gasteiger partial charge in [0.2, 0.25) is 10.0 Å². The minimum atomic E-state index is -3.46. The topological polar surface area (TPSA) is 37.4 Å². The van der Waals surface area contributed by atoms with Crippen molar-refractivity contribution in [2.75, 3.05) is 7.05 Å². The number of hydrogen-bond donors (Lipinski definition) is 0. The zero-order chi connectivity index (χ0) is 15.5. The van der Waals surface area contributed by atoms with Crippen molar-refractivity contribution in [3.63, 3.8) is 0 Å². The summed E-state index contributed by atoms with van der Waals surface area (Å²) in [5, 5.41) is 0. The average molecular weight is 307 g/mol. The summed E-state index contributed by atoms with van der Waals surface area (Å²) in [6.45, 7) is 1.84. The van der Waals surface area contributed by atoms with E-state index in [0.717, 1.165) is 5.56 Å². The van der Waals surface area contributed by atoms with Gasteiger partial charge in [-0.2, -0.15) is 4.31 Å². The van der Waals surface area contributed by atoms with E-state index in [1.807, 2.05) is 37.3 Å². The summed E-state index contributed by atoms with van der Waals surface area (Å²) in [7, 11) is -1.90. The van der Waals surface area contributed by atoms with E-state index in [1.165, 1.54) is 28.6 Å². The van der Waals surface area contributed by atoms with Gasteiger partial charge in [-0.25, -0.2) is 12.8 Å². The lowest BCUT2D eigenvalue weighted by Crippen LogP contribution is -2.30. The van der Waals surface area contributed by atoms with Crippen molar-refractivity contribution < 1.29 is 12.8 Å². The molecule has 0 bridgehead atoms. The molecule has 0 spiro atoms. The molecule has 0 aliphatic carbocycles. The Morgan fingerprint density at radius 1 is 1.05 bits per heavy atom. The maximum atomic E-state index is 12.9. The fourth-order valence-electron chi connectivity index (χ4n) is 2.08. The highest BCUT2D eigenvalue weighted by molar-refractivity contribution is 7.88. The summed E-state index contributed by atoms with van der Waals surface area (Å²) in [6, 6.07) is 14.7. The maximum absolute atomic E-state index is 12.9. The molecule has 5 heteroatoms. The largest absolute Gasteiger partial charge is 0.218 e. The number of sulfonamides is 1. The Balaban J connectivity index is 2.17. The van der Waals surface area contributed by atoms with E-state index in [-0.39, 0.29) is 17.6 Å². The second-order valence-corrected chi connectivity index (χ2v) is 7.01. The molecule has 0 aliphatic heterocycles. The molecule has 0 saturated heterocycles. The van der Waals surface area contributed by atoms with Gasteiger partial charge in [-0.1, -0.05) is 42.5 Å². The Hall–Kier alpha value is -1.72. The summed E-state index contributed by atoms with van der Waals surface area (Å²) >= 11 is 0. The van der Waals surface area contributed by atoms with Crippen LogP contribution in [-0.4, -0.2) is 19.8 Å². The molecular formula is C16H18FNO2S. The molecule has 3 nitrogen and oxygen atoms in total. The Morgan fingerprint density at radius 3 is 2.19 bits per heavy atom. The normalized spacial score (nSPS) is 13.3. The molecule has 0 N–H and O–H groups in total. The van der Waals surface area contributed by atoms with E-state index in [9.17, 15) is 12.8 Å². The third kappa shape index (κ3) is 3.89. The number of hydrogen-bond acceptors (Lipinski definition) is 2. The van der Waals surface area contributed by atoms with Gasteiger partial charge >= 0.3 is 0 Å². The summed E-state index contributed by atoms with van der Waals surface area (Å²) in [5.74, 6) is -0.511. The van der Waals surface area contributed by atoms with E-state index in [1.54, 1.807) is 7.05 Å². The zero-order valence-corrected chi connectivity index (χ0v) is 12.8. The molecule has 0 heterocycles. The van der Waals surface area contributed by atoms with Gasteiger partial charge in [0.15, 0.2) is 0 Å². The zero-order valence-electron chi connectivity index (χ0n) is 12.0. The van der Waals surface area contributed by atoms with E-state index in [4.69, 9.17) is 0 Å². The highest BCUT2D eigenvalue weighted by Crippen LogP contribution is 2.23. The average Bonchev–Trinajstić information content (AvgIpc) is 2.49. The highest BCUT2D eigenvalue weighted by Gasteiger charge is 2.24. The van der Waals surface area contributed by atoms with Crippen LogP contribution in [0.5, 0.6) is 0 Å². The summed E-state index contributed by atoms with van der Waals surface area (Å²) in [5.41, 5.74) is 1.51. The van der Waals surface area contributed by atoms with Gasteiger partial charge in [0.25, 0.3) is 0 Å². The Bertz CT molecular complexity index is 684. The smallest absolute Gasteiger partial charge is 0.212 e. The second kappa shape index (κ2) is 6.37. The van der Waals surface area contributed by atoms with E-state index in [0.29, 0.717) is 5.56 Å². The number of halogens is 1. The van der Waals surface area contributed by atoms with Crippen LogP contribution in [0.2, 0.25) is 0 Å². The maximum Gasteiger partial charge on any atom is 0.218 e. The van der Waals surface area contributed by atoms with Gasteiger partial charge in [-0.05, 0) is 30.2 Å². The quantitative estimate of drug-likeness (QED) is 0.849. The third-order valence-corrected chi connectivity index (χ3v) is 5.42. The van der Waals surface area contributed by atoms with Gasteiger partial charge in [0.1, 0.15) is 5.82 Å². The molecule has 0 radical (unpaired) electrons. The molecule has 2 aromatic rings. The van der Waals surface area contributed by atoms with Crippen molar-refractivity contribution in [1.82, 2.24) is 4.31 Å². The molecule has 2 rings (SSSR count). The monoisotopic (exact) mass is 307 g/mol. The minimum absolute atomic E-state index is 0.138. The molecule has 1 atom stereocenters. The number of nitrogens with zero attached hydrogens (tertiary/aromatic N) is 1. The van der Waals surface area contributed by atoms with Crippen molar-refractivity contribution in [2.24, 2.45) is 0 Å². The molecule has 21 heavy (non-hydrogen) atoms. The first-order chi connectivity index (χ1) is 9.90. The lowest BCUT2D eigenvalue weighted by Gasteiger charge is -2.24. The predicted octanol–water partition coefficient (Wildman–Crippen LogP) is 3.35. The molecule has 0 fully saturated rings. The van der Waals surface area contributed by atoms with E-state index in [2.05, 4.69) is 0 Å². The molecule has 1 unspecified atom stereocenters. The van der Waals surface area contributed by atoms with Crippen LogP contribution in [0.15, 0.2) is 54.6 Å². The van der Waals surface area contributed by atoms with Gasteiger partial charge in [0.05, 0.1) is 5.75 Å². The Labute approximate surface area is 125 Å². The lowest BCUT2D eigenvalue weighted by atomic mass is 10.1. The van der Waals surface area contributed by atoms with Gasteiger partial charge in [-0.15, -0.1) is 0 Å². The molecule has 2 aromatic carbocycles. The summed E-state index contributed by atoms with van der Waals surface area (Å²) < 4.78 is 39.1. The summed E-state index contributed by atoms with van der Waals surface area (Å²) in [6.07, 6.45) is 0. The van der Waals surface area contributed by atoms with Crippen LogP contribution in [0.4, 0.5) is 4.39 Å². The van der Waals surface area contributed by atoms with E-state index < -0.39 is 10.0 Å². The predicted molar refractivity (Wildman–Crippen MR) is 81.6 cm³/mol. The first-order valence-corrected chi connectivity index (χ1v) is 8.26. The van der Waals surface area contributed by atoms with Crippen molar-refractivity contribution in [2.45, 2.75) is 18.7 Å². The third-order valence-electron chi connectivity index (χ3n) is 3.53. The van der Waals surface area contributed by atoms with Crippen molar-refractivity contribution in [3.05, 3.63) is 71.5 Å². The fourth-order valence-corrected chi connectivity index (χ4v) is 3.50. The molecule has 0 saturated carbocycles. The first kappa shape index (κ1) is 15.7. The van der Waals surface area contributed by atoms with Gasteiger partial charge < -0.3 is 0 Å². The Kier molecular flexibility index (Phi) is 4.75. The van der Waals surface area contributed by atoms with Crippen LogP contribution in [0.3, 0.4) is 0 Å². The molecule has 0 amide bonds. The van der Waals surface area contributed by atoms with Crippen molar-refractivity contribution >= 4 is 10.0 Å². The van der Waals surface area contributed by atoms with E-state index >= 15 is 0 Å². The highest BCUT2D eigenvalue weighted by atomic mass is 32.2. The van der Waals surface area contributed by atoms with Crippen molar-refractivity contribution in [3.8, 4) is 0 Å². The van der Waals surface area contributed by atoms with Crippen LogP contribution in [0, 0.1) is 5.82 Å². The van der Waals surface area contributed by atoms with Gasteiger partial charge in [0, 0.05) is 13.1 Å². The summed E-state index contributed by atoms with van der Waals surface area (Å²) in [4.78, 5) is 0. The van der Waals surface area contributed by atoms with Crippen LogP contribution >= 0.6 is 0 Å². The first-order valence-electron chi connectivity index (χ1n) is 6.65. The molecular weight excluding hydrogens is 289 g/mol. The SMILES string of the molecule is CC(c1ccccc1)N(C)S(=O)(=O)Cc1ccc(F)cc1. The van der Waals surface area contributed by atoms with Crippen LogP contribution in [-0.2, 0) is 15.8 Å². The molecule has 112 valence electrons. The van der Waals surface area contributed by atoms with Crippen LogP contribution < -0.4 is 0 Å². The fraction of sp³-hybridized carbons (Fsp3) is 0.250. The number of benzene rings is 2.